The van der Waals surface area contributed by atoms with Gasteiger partial charge in [0.05, 0.1) is 0 Å². The summed E-state index contributed by atoms with van der Waals surface area (Å²) in [4.78, 5) is 38.2. The molecule has 0 aliphatic carbocycles. The predicted octanol–water partition coefficient (Wildman–Crippen LogP) is 22.3. The minimum Gasteiger partial charge on any atom is -0.462 e. The number of carbonyl (C=O) groups is 3. The van der Waals surface area contributed by atoms with Gasteiger partial charge in [0.25, 0.3) is 0 Å². The van der Waals surface area contributed by atoms with E-state index in [1.54, 1.807) is 0 Å². The van der Waals surface area contributed by atoms with E-state index in [2.05, 4.69) is 106 Å². The van der Waals surface area contributed by atoms with E-state index in [9.17, 15) is 14.4 Å². The number of carbonyl (C=O) groups excluding carboxylic acids is 3. The highest BCUT2D eigenvalue weighted by molar-refractivity contribution is 5.71. The first-order valence-electron chi connectivity index (χ1n) is 32.6. The lowest BCUT2D eigenvalue weighted by atomic mass is 10.0. The summed E-state index contributed by atoms with van der Waals surface area (Å²) in [6, 6.07) is 0. The standard InChI is InChI=1S/C70H122O6/c1-4-7-10-13-16-19-21-23-25-27-29-31-33-34-35-37-38-40-42-44-46-48-51-54-57-60-63-69(72)75-66-67(65-74-68(71)62-59-56-53-50-18-15-12-9-6-3)76-70(73)64-61-58-55-52-49-47-45-43-41-39-36-32-30-28-26-24-22-20-17-14-11-8-5-2/h8,11,17,20,24,26,30,32,39,41,45,47,52,55,67H,4-7,9-10,12-16,18-19,21-23,25,27-29,31,33-38,40,42-44,46,48-51,53-54,56-66H2,1-3H3/b11-8-,20-17-,26-24-,32-30-,41-39-,47-45-,55-52-. The lowest BCUT2D eigenvalue weighted by Gasteiger charge is -2.18. The molecule has 0 aliphatic heterocycles. The molecule has 1 atom stereocenters. The average Bonchev–Trinajstić information content (AvgIpc) is 3.42. The highest BCUT2D eigenvalue weighted by Gasteiger charge is 2.19. The Hall–Kier alpha value is -3.41. The second kappa shape index (κ2) is 64.1. The van der Waals surface area contributed by atoms with Crippen molar-refractivity contribution >= 4 is 17.9 Å². The second-order valence-corrected chi connectivity index (χ2v) is 21.7. The summed E-state index contributed by atoms with van der Waals surface area (Å²) in [5.41, 5.74) is 0. The van der Waals surface area contributed by atoms with Crippen molar-refractivity contribution in [1.29, 1.82) is 0 Å². The first-order valence-corrected chi connectivity index (χ1v) is 32.6. The van der Waals surface area contributed by atoms with Crippen LogP contribution in [0.15, 0.2) is 85.1 Å². The molecular weight excluding hydrogens is 937 g/mol. The maximum absolute atomic E-state index is 12.9. The minimum atomic E-state index is -0.805. The van der Waals surface area contributed by atoms with Crippen molar-refractivity contribution in [2.75, 3.05) is 13.2 Å². The van der Waals surface area contributed by atoms with E-state index < -0.39 is 6.10 Å². The number of unbranched alkanes of at least 4 members (excludes halogenated alkanes) is 34. The Morgan fingerprint density at radius 1 is 0.276 bits per heavy atom. The van der Waals surface area contributed by atoms with Crippen molar-refractivity contribution in [2.24, 2.45) is 0 Å². The topological polar surface area (TPSA) is 78.9 Å². The molecule has 0 spiro atoms. The molecule has 0 rings (SSSR count). The zero-order chi connectivity index (χ0) is 55.0. The van der Waals surface area contributed by atoms with Crippen LogP contribution in [0.3, 0.4) is 0 Å². The molecule has 6 heteroatoms. The Morgan fingerprint density at radius 3 is 0.789 bits per heavy atom. The molecule has 76 heavy (non-hydrogen) atoms. The van der Waals surface area contributed by atoms with Crippen LogP contribution in [0.4, 0.5) is 0 Å². The van der Waals surface area contributed by atoms with Gasteiger partial charge in [-0.25, -0.2) is 0 Å². The molecule has 0 saturated heterocycles. The van der Waals surface area contributed by atoms with Crippen LogP contribution in [0.5, 0.6) is 0 Å². The van der Waals surface area contributed by atoms with Crippen LogP contribution in [0.25, 0.3) is 0 Å². The van der Waals surface area contributed by atoms with Crippen LogP contribution >= 0.6 is 0 Å². The molecule has 0 amide bonds. The minimum absolute atomic E-state index is 0.0960. The SMILES string of the molecule is CC/C=C\C/C=C\C/C=C\C/C=C\C/C=C\C/C=C\C/C=C\CCCC(=O)OC(COC(=O)CCCCCCCCCCC)COC(=O)CCCCCCCCCCCCCCCCCCCCCCCCCCCC. The van der Waals surface area contributed by atoms with Crippen LogP contribution in [0.1, 0.15) is 323 Å². The molecule has 6 nitrogen and oxygen atoms in total. The summed E-state index contributed by atoms with van der Waals surface area (Å²) < 4.78 is 16.8. The fourth-order valence-electron chi connectivity index (χ4n) is 9.32. The van der Waals surface area contributed by atoms with Crippen molar-refractivity contribution in [1.82, 2.24) is 0 Å². The summed E-state index contributed by atoms with van der Waals surface area (Å²) in [6.07, 6.45) is 84.8. The lowest BCUT2D eigenvalue weighted by molar-refractivity contribution is -0.167. The Balaban J connectivity index is 4.26. The Morgan fingerprint density at radius 2 is 0.513 bits per heavy atom. The maximum atomic E-state index is 12.9. The third-order valence-corrected chi connectivity index (χ3v) is 14.2. The van der Waals surface area contributed by atoms with Crippen LogP contribution < -0.4 is 0 Å². The van der Waals surface area contributed by atoms with Gasteiger partial charge in [-0.2, -0.15) is 0 Å². The second-order valence-electron chi connectivity index (χ2n) is 21.7. The van der Waals surface area contributed by atoms with Gasteiger partial charge >= 0.3 is 17.9 Å². The molecule has 0 fully saturated rings. The van der Waals surface area contributed by atoms with E-state index in [-0.39, 0.29) is 37.5 Å². The lowest BCUT2D eigenvalue weighted by Crippen LogP contribution is -2.30. The van der Waals surface area contributed by atoms with Gasteiger partial charge in [0.1, 0.15) is 13.2 Å². The highest BCUT2D eigenvalue weighted by atomic mass is 16.6. The van der Waals surface area contributed by atoms with Gasteiger partial charge in [-0.3, -0.25) is 14.4 Å². The molecule has 0 aromatic carbocycles. The molecule has 0 saturated carbocycles. The molecule has 0 aromatic heterocycles. The Labute approximate surface area is 471 Å². The molecule has 0 aliphatic rings. The fraction of sp³-hybridized carbons (Fsp3) is 0.757. The quantitative estimate of drug-likeness (QED) is 0.0261. The molecule has 0 N–H and O–H groups in total. The number of rotatable bonds is 59. The normalized spacial score (nSPS) is 12.6. The molecule has 438 valence electrons. The summed E-state index contributed by atoms with van der Waals surface area (Å²) in [6.45, 7) is 6.50. The molecular formula is C70H122O6. The van der Waals surface area contributed by atoms with Gasteiger partial charge in [0.15, 0.2) is 6.10 Å². The molecule has 0 bridgehead atoms. The monoisotopic (exact) mass is 1060 g/mol. The van der Waals surface area contributed by atoms with Crippen LogP contribution in [-0.4, -0.2) is 37.2 Å². The van der Waals surface area contributed by atoms with E-state index in [4.69, 9.17) is 14.2 Å². The van der Waals surface area contributed by atoms with E-state index >= 15 is 0 Å². The van der Waals surface area contributed by atoms with Crippen molar-refractivity contribution in [2.45, 2.75) is 329 Å². The maximum Gasteiger partial charge on any atom is 0.306 e. The third kappa shape index (κ3) is 61.4. The molecule has 0 radical (unpaired) electrons. The van der Waals surface area contributed by atoms with E-state index in [1.165, 1.54) is 186 Å². The highest BCUT2D eigenvalue weighted by Crippen LogP contribution is 2.17. The number of hydrogen-bond donors (Lipinski definition) is 0. The molecule has 1 unspecified atom stereocenters. The fourth-order valence-corrected chi connectivity index (χ4v) is 9.32. The summed E-state index contributed by atoms with van der Waals surface area (Å²) >= 11 is 0. The Bertz CT molecular complexity index is 1450. The van der Waals surface area contributed by atoms with Crippen molar-refractivity contribution < 1.29 is 28.6 Å². The van der Waals surface area contributed by atoms with E-state index in [1.807, 2.05) is 0 Å². The van der Waals surface area contributed by atoms with Gasteiger partial charge in [0, 0.05) is 19.3 Å². The van der Waals surface area contributed by atoms with Crippen LogP contribution in [0, 0.1) is 0 Å². The predicted molar refractivity (Wildman–Crippen MR) is 330 cm³/mol. The van der Waals surface area contributed by atoms with Crippen molar-refractivity contribution in [3.8, 4) is 0 Å². The smallest absolute Gasteiger partial charge is 0.306 e. The van der Waals surface area contributed by atoms with Gasteiger partial charge in [-0.1, -0.05) is 318 Å². The van der Waals surface area contributed by atoms with E-state index in [0.717, 1.165) is 89.9 Å². The van der Waals surface area contributed by atoms with Gasteiger partial charge in [0.2, 0.25) is 0 Å². The number of hydrogen-bond acceptors (Lipinski definition) is 6. The zero-order valence-corrected chi connectivity index (χ0v) is 50.3. The van der Waals surface area contributed by atoms with Crippen molar-refractivity contribution in [3.05, 3.63) is 85.1 Å². The van der Waals surface area contributed by atoms with E-state index in [0.29, 0.717) is 19.3 Å². The van der Waals surface area contributed by atoms with Crippen LogP contribution in [0.2, 0.25) is 0 Å². The Kier molecular flexibility index (Phi) is 61.2. The zero-order valence-electron chi connectivity index (χ0n) is 50.3. The van der Waals surface area contributed by atoms with Gasteiger partial charge in [-0.15, -0.1) is 0 Å². The average molecular weight is 1060 g/mol. The first-order chi connectivity index (χ1) is 37.5. The largest absolute Gasteiger partial charge is 0.462 e. The summed E-state index contributed by atoms with van der Waals surface area (Å²) in [5, 5.41) is 0. The van der Waals surface area contributed by atoms with Gasteiger partial charge < -0.3 is 14.2 Å². The summed E-state index contributed by atoms with van der Waals surface area (Å²) in [5.74, 6) is -0.946. The van der Waals surface area contributed by atoms with Crippen LogP contribution in [-0.2, 0) is 28.6 Å². The molecule has 0 aromatic rings. The number of allylic oxidation sites excluding steroid dienone is 14. The van der Waals surface area contributed by atoms with Crippen molar-refractivity contribution in [3.63, 3.8) is 0 Å². The third-order valence-electron chi connectivity index (χ3n) is 14.2. The number of ether oxygens (including phenoxy) is 3. The van der Waals surface area contributed by atoms with Gasteiger partial charge in [-0.05, 0) is 70.6 Å². The number of esters is 3. The summed E-state index contributed by atoms with van der Waals surface area (Å²) in [7, 11) is 0. The first kappa shape index (κ1) is 72.6. The molecule has 0 heterocycles.